The maximum absolute atomic E-state index is 12.7. The van der Waals surface area contributed by atoms with E-state index in [0.717, 1.165) is 12.1 Å². The van der Waals surface area contributed by atoms with Crippen LogP contribution in [0.25, 0.3) is 0 Å². The van der Waals surface area contributed by atoms with Gasteiger partial charge in [0.15, 0.2) is 0 Å². The molecule has 0 aliphatic carbocycles. The summed E-state index contributed by atoms with van der Waals surface area (Å²) in [5.74, 6) is 0. The highest BCUT2D eigenvalue weighted by Crippen LogP contribution is 2.37. The summed E-state index contributed by atoms with van der Waals surface area (Å²) in [5, 5.41) is 7.37. The molecule has 1 atom stereocenters. The molecule has 0 aromatic heterocycles. The molecule has 0 amide bonds. The zero-order valence-corrected chi connectivity index (χ0v) is 11.3. The minimum atomic E-state index is -4.74. The van der Waals surface area contributed by atoms with E-state index < -0.39 is 39.3 Å². The molecule has 0 aliphatic heterocycles. The number of benzene rings is 1. The number of rotatable bonds is 4. The van der Waals surface area contributed by atoms with E-state index in [-0.39, 0.29) is 5.02 Å². The van der Waals surface area contributed by atoms with E-state index >= 15 is 0 Å². The second-order valence-electron chi connectivity index (χ2n) is 3.83. The van der Waals surface area contributed by atoms with Gasteiger partial charge in [-0.25, -0.2) is 8.42 Å². The molecule has 1 rings (SSSR count). The van der Waals surface area contributed by atoms with E-state index in [4.69, 9.17) is 16.7 Å². The van der Waals surface area contributed by atoms with Gasteiger partial charge in [0.2, 0.25) is 10.0 Å². The first kappa shape index (κ1) is 16.1. The molecule has 2 N–H and O–H groups in total. The van der Waals surface area contributed by atoms with Crippen molar-refractivity contribution in [1.29, 1.82) is 0 Å². The third kappa shape index (κ3) is 3.99. The number of alkyl halides is 3. The van der Waals surface area contributed by atoms with Gasteiger partial charge in [0.1, 0.15) is 5.25 Å². The number of hydrogen-bond acceptors (Lipinski definition) is 3. The van der Waals surface area contributed by atoms with Gasteiger partial charge in [-0.05, 0) is 25.1 Å². The lowest BCUT2D eigenvalue weighted by Crippen LogP contribution is -2.29. The molecule has 4 nitrogen and oxygen atoms in total. The lowest BCUT2D eigenvalue weighted by Gasteiger charge is -2.17. The molecule has 0 radical (unpaired) electrons. The first-order chi connectivity index (χ1) is 8.58. The maximum atomic E-state index is 12.7. The average Bonchev–Trinajstić information content (AvgIpc) is 2.28. The average molecular weight is 318 g/mol. The third-order valence-electron chi connectivity index (χ3n) is 2.33. The highest BCUT2D eigenvalue weighted by molar-refractivity contribution is 7.93. The van der Waals surface area contributed by atoms with E-state index in [2.05, 4.69) is 0 Å². The molecular formula is C10H11ClF3NO3S. The Morgan fingerprint density at radius 1 is 1.42 bits per heavy atom. The molecule has 0 spiro atoms. The summed E-state index contributed by atoms with van der Waals surface area (Å²) in [6.07, 6.45) is -4.74. The smallest absolute Gasteiger partial charge is 0.395 e. The van der Waals surface area contributed by atoms with Gasteiger partial charge in [-0.15, -0.1) is 0 Å². The van der Waals surface area contributed by atoms with E-state index in [9.17, 15) is 21.6 Å². The van der Waals surface area contributed by atoms with Crippen LogP contribution in [0, 0.1) is 0 Å². The fraction of sp³-hybridized carbons (Fsp3) is 0.400. The molecule has 19 heavy (non-hydrogen) atoms. The van der Waals surface area contributed by atoms with Gasteiger partial charge in [0.05, 0.1) is 17.9 Å². The summed E-state index contributed by atoms with van der Waals surface area (Å²) in [4.78, 5) is 0. The standard InChI is InChI=1S/C10H11ClF3NO3S/c1-6(5-16)19(17,18)15-9-3-2-7(11)4-8(9)10(12,13)14/h2-4,6,15-16H,5H2,1H3. The van der Waals surface area contributed by atoms with Gasteiger partial charge in [-0.2, -0.15) is 13.2 Å². The number of aliphatic hydroxyl groups excluding tert-OH is 1. The van der Waals surface area contributed by atoms with E-state index in [1.807, 2.05) is 0 Å². The van der Waals surface area contributed by atoms with Gasteiger partial charge in [-0.1, -0.05) is 11.6 Å². The summed E-state index contributed by atoms with van der Waals surface area (Å²) in [7, 11) is -4.10. The molecule has 9 heteroatoms. The number of sulfonamides is 1. The molecule has 0 saturated carbocycles. The predicted molar refractivity (Wildman–Crippen MR) is 65.5 cm³/mol. The molecule has 108 valence electrons. The molecular weight excluding hydrogens is 307 g/mol. The summed E-state index contributed by atoms with van der Waals surface area (Å²) in [6, 6.07) is 2.69. The van der Waals surface area contributed by atoms with Crippen molar-refractivity contribution in [3.8, 4) is 0 Å². The van der Waals surface area contributed by atoms with Crippen molar-refractivity contribution in [2.45, 2.75) is 18.3 Å². The molecule has 0 fully saturated rings. The number of anilines is 1. The van der Waals surface area contributed by atoms with Crippen LogP contribution < -0.4 is 4.72 Å². The fourth-order valence-corrected chi connectivity index (χ4v) is 2.25. The molecule has 0 bridgehead atoms. The van der Waals surface area contributed by atoms with Crippen LogP contribution in [0.1, 0.15) is 12.5 Å². The van der Waals surface area contributed by atoms with Gasteiger partial charge < -0.3 is 5.11 Å². The van der Waals surface area contributed by atoms with Crippen LogP contribution in [0.4, 0.5) is 18.9 Å². The predicted octanol–water partition coefficient (Wildman–Crippen LogP) is 2.48. The highest BCUT2D eigenvalue weighted by atomic mass is 35.5. The molecule has 1 unspecified atom stereocenters. The van der Waals surface area contributed by atoms with Gasteiger partial charge >= 0.3 is 6.18 Å². The Labute approximate surface area is 113 Å². The first-order valence-electron chi connectivity index (χ1n) is 5.07. The lowest BCUT2D eigenvalue weighted by molar-refractivity contribution is -0.136. The van der Waals surface area contributed by atoms with Crippen LogP contribution in [0.3, 0.4) is 0 Å². The van der Waals surface area contributed by atoms with Gasteiger partial charge in [-0.3, -0.25) is 4.72 Å². The van der Waals surface area contributed by atoms with Crippen molar-refractivity contribution in [1.82, 2.24) is 0 Å². The quantitative estimate of drug-likeness (QED) is 0.896. The molecule has 1 aromatic rings. The van der Waals surface area contributed by atoms with Crippen LogP contribution in [0.15, 0.2) is 18.2 Å². The second-order valence-corrected chi connectivity index (χ2v) is 6.36. The van der Waals surface area contributed by atoms with Crippen molar-refractivity contribution in [3.05, 3.63) is 28.8 Å². The van der Waals surface area contributed by atoms with Crippen LogP contribution >= 0.6 is 11.6 Å². The number of aliphatic hydroxyl groups is 1. The normalized spacial score (nSPS) is 14.2. The minimum Gasteiger partial charge on any atom is -0.395 e. The Morgan fingerprint density at radius 3 is 2.47 bits per heavy atom. The Balaban J connectivity index is 3.23. The topological polar surface area (TPSA) is 66.4 Å². The Kier molecular flexibility index (Phi) is 4.70. The SMILES string of the molecule is CC(CO)S(=O)(=O)Nc1ccc(Cl)cc1C(F)(F)F. The van der Waals surface area contributed by atoms with Crippen molar-refractivity contribution < 1.29 is 26.7 Å². The number of nitrogens with one attached hydrogen (secondary N) is 1. The van der Waals surface area contributed by atoms with E-state index in [0.29, 0.717) is 6.07 Å². The second kappa shape index (κ2) is 5.56. The van der Waals surface area contributed by atoms with E-state index in [1.165, 1.54) is 6.92 Å². The minimum absolute atomic E-state index is 0.162. The van der Waals surface area contributed by atoms with Crippen LogP contribution in [0.5, 0.6) is 0 Å². The molecule has 0 heterocycles. The largest absolute Gasteiger partial charge is 0.418 e. The van der Waals surface area contributed by atoms with Crippen molar-refractivity contribution in [3.63, 3.8) is 0 Å². The highest BCUT2D eigenvalue weighted by Gasteiger charge is 2.35. The Hall–Kier alpha value is -0.990. The monoisotopic (exact) mass is 317 g/mol. The maximum Gasteiger partial charge on any atom is 0.418 e. The molecule has 0 saturated heterocycles. The summed E-state index contributed by atoms with van der Waals surface area (Å²) >= 11 is 5.47. The Bertz CT molecular complexity index is 560. The van der Waals surface area contributed by atoms with Gasteiger partial charge in [0, 0.05) is 5.02 Å². The van der Waals surface area contributed by atoms with Crippen LogP contribution in [-0.2, 0) is 16.2 Å². The van der Waals surface area contributed by atoms with E-state index in [1.54, 1.807) is 4.72 Å². The van der Waals surface area contributed by atoms with Crippen molar-refractivity contribution in [2.24, 2.45) is 0 Å². The zero-order valence-electron chi connectivity index (χ0n) is 9.70. The Morgan fingerprint density at radius 2 is 2.00 bits per heavy atom. The zero-order chi connectivity index (χ0) is 14.8. The summed E-state index contributed by atoms with van der Waals surface area (Å²) in [6.45, 7) is 0.468. The van der Waals surface area contributed by atoms with Crippen molar-refractivity contribution >= 4 is 27.3 Å². The first-order valence-corrected chi connectivity index (χ1v) is 6.99. The lowest BCUT2D eigenvalue weighted by atomic mass is 10.2. The van der Waals surface area contributed by atoms with Crippen LogP contribution in [0.2, 0.25) is 5.02 Å². The summed E-state index contributed by atoms with van der Waals surface area (Å²) in [5.41, 5.74) is -1.81. The molecule has 1 aromatic carbocycles. The van der Waals surface area contributed by atoms with Gasteiger partial charge in [0.25, 0.3) is 0 Å². The number of halogens is 4. The fourth-order valence-electron chi connectivity index (χ4n) is 1.19. The van der Waals surface area contributed by atoms with Crippen molar-refractivity contribution in [2.75, 3.05) is 11.3 Å². The molecule has 0 aliphatic rings. The van der Waals surface area contributed by atoms with Crippen LogP contribution in [-0.4, -0.2) is 25.4 Å². The summed E-state index contributed by atoms with van der Waals surface area (Å²) < 4.78 is 63.3. The third-order valence-corrected chi connectivity index (χ3v) is 4.27. The number of hydrogen-bond donors (Lipinski definition) is 2.